The molecule has 186 valence electrons. The molecular weight excluding hydrogens is 483 g/mol. The van der Waals surface area contributed by atoms with Crippen LogP contribution in [0.1, 0.15) is 18.2 Å². The van der Waals surface area contributed by atoms with Crippen LogP contribution < -0.4 is 15.8 Å². The number of pyridine rings is 1. The zero-order chi connectivity index (χ0) is 25.3. The van der Waals surface area contributed by atoms with E-state index in [1.165, 1.54) is 17.7 Å². The fourth-order valence-electron chi connectivity index (χ4n) is 4.20. The topological polar surface area (TPSA) is 72.3 Å². The van der Waals surface area contributed by atoms with Crippen molar-refractivity contribution < 1.29 is 17.9 Å². The van der Waals surface area contributed by atoms with Crippen LogP contribution in [-0.4, -0.2) is 46.4 Å². The highest BCUT2D eigenvalue weighted by Crippen LogP contribution is 2.35. The number of nitrogens with one attached hydrogen (secondary N) is 1. The van der Waals surface area contributed by atoms with Crippen LogP contribution in [0, 0.1) is 6.92 Å². The molecule has 35 heavy (non-hydrogen) atoms. The summed E-state index contributed by atoms with van der Waals surface area (Å²) in [6.07, 6.45) is -2.98. The van der Waals surface area contributed by atoms with Crippen molar-refractivity contribution in [3.05, 3.63) is 69.2 Å². The molecular formula is C24H25ClF3N5O2. The Balaban J connectivity index is 1.64. The van der Waals surface area contributed by atoms with Gasteiger partial charge < -0.3 is 15.0 Å². The van der Waals surface area contributed by atoms with Gasteiger partial charge in [0, 0.05) is 38.5 Å². The summed E-state index contributed by atoms with van der Waals surface area (Å²) >= 11 is 6.15. The predicted octanol–water partition coefficient (Wildman–Crippen LogP) is 4.53. The third-order valence-corrected chi connectivity index (χ3v) is 6.27. The van der Waals surface area contributed by atoms with Gasteiger partial charge in [-0.25, -0.2) is 9.97 Å². The number of rotatable bonds is 6. The lowest BCUT2D eigenvalue weighted by molar-refractivity contribution is -0.137. The third-order valence-electron chi connectivity index (χ3n) is 5.96. The van der Waals surface area contributed by atoms with Crippen LogP contribution in [0.5, 0.6) is 0 Å². The minimum Gasteiger partial charge on any atom is -0.374 e. The van der Waals surface area contributed by atoms with E-state index >= 15 is 0 Å². The summed E-state index contributed by atoms with van der Waals surface area (Å²) in [5, 5.41) is 3.16. The quantitative estimate of drug-likeness (QED) is 0.528. The van der Waals surface area contributed by atoms with Gasteiger partial charge in [-0.1, -0.05) is 17.7 Å². The lowest BCUT2D eigenvalue weighted by Crippen LogP contribution is -2.38. The molecule has 0 radical (unpaired) electrons. The van der Waals surface area contributed by atoms with E-state index < -0.39 is 11.7 Å². The smallest absolute Gasteiger partial charge is 0.374 e. The number of anilines is 2. The summed E-state index contributed by atoms with van der Waals surface area (Å²) < 4.78 is 46.3. The lowest BCUT2D eigenvalue weighted by Gasteiger charge is -2.22. The Kier molecular flexibility index (Phi) is 7.05. The zero-order valence-electron chi connectivity index (χ0n) is 19.4. The largest absolute Gasteiger partial charge is 0.416 e. The van der Waals surface area contributed by atoms with Crippen LogP contribution in [-0.2, 0) is 18.0 Å². The monoisotopic (exact) mass is 507 g/mol. The molecule has 3 aromatic rings. The average molecular weight is 508 g/mol. The lowest BCUT2D eigenvalue weighted by atomic mass is 10.1. The Morgan fingerprint density at radius 2 is 2.00 bits per heavy atom. The SMILES string of the molecule is CCO[C@@H]1CN(c2ccccn2)C[C@H]1Nc1c(C)nc(-c2ccc(C(F)(F)F)cc2Cl)n(C)c1=O. The summed E-state index contributed by atoms with van der Waals surface area (Å²) in [4.78, 5) is 24.3. The van der Waals surface area contributed by atoms with Crippen molar-refractivity contribution in [1.29, 1.82) is 0 Å². The maximum Gasteiger partial charge on any atom is 0.416 e. The fourth-order valence-corrected chi connectivity index (χ4v) is 4.46. The normalized spacial score (nSPS) is 18.2. The van der Waals surface area contributed by atoms with E-state index in [9.17, 15) is 18.0 Å². The van der Waals surface area contributed by atoms with E-state index in [4.69, 9.17) is 16.3 Å². The van der Waals surface area contributed by atoms with E-state index in [1.807, 2.05) is 25.1 Å². The third kappa shape index (κ3) is 5.13. The fraction of sp³-hybridized carbons (Fsp3) is 0.375. The molecule has 1 aliphatic rings. The van der Waals surface area contributed by atoms with Gasteiger partial charge in [-0.15, -0.1) is 0 Å². The van der Waals surface area contributed by atoms with Gasteiger partial charge in [0.05, 0.1) is 28.4 Å². The molecule has 3 heterocycles. The molecule has 0 spiro atoms. The predicted molar refractivity (Wildman–Crippen MR) is 129 cm³/mol. The zero-order valence-corrected chi connectivity index (χ0v) is 20.2. The van der Waals surface area contributed by atoms with Crippen LogP contribution >= 0.6 is 11.6 Å². The van der Waals surface area contributed by atoms with Gasteiger partial charge in [-0.2, -0.15) is 13.2 Å². The van der Waals surface area contributed by atoms with Crippen molar-refractivity contribution in [1.82, 2.24) is 14.5 Å². The number of nitrogens with zero attached hydrogens (tertiary/aromatic N) is 4. The van der Waals surface area contributed by atoms with Crippen LogP contribution in [0.15, 0.2) is 47.4 Å². The van der Waals surface area contributed by atoms with E-state index in [0.29, 0.717) is 31.1 Å². The first kappa shape index (κ1) is 25.0. The van der Waals surface area contributed by atoms with Gasteiger partial charge in [-0.3, -0.25) is 9.36 Å². The highest BCUT2D eigenvalue weighted by molar-refractivity contribution is 6.33. The van der Waals surface area contributed by atoms with E-state index in [-0.39, 0.29) is 34.1 Å². The van der Waals surface area contributed by atoms with Gasteiger partial charge in [-0.05, 0) is 44.2 Å². The molecule has 1 N–H and O–H groups in total. The first-order valence-electron chi connectivity index (χ1n) is 11.1. The van der Waals surface area contributed by atoms with Crippen LogP contribution in [0.3, 0.4) is 0 Å². The molecule has 7 nitrogen and oxygen atoms in total. The van der Waals surface area contributed by atoms with E-state index in [0.717, 1.165) is 18.0 Å². The van der Waals surface area contributed by atoms with Crippen molar-refractivity contribution in [3.8, 4) is 11.4 Å². The van der Waals surface area contributed by atoms with Crippen molar-refractivity contribution in [3.63, 3.8) is 0 Å². The van der Waals surface area contributed by atoms with Gasteiger partial charge in [0.15, 0.2) is 0 Å². The number of benzene rings is 1. The molecule has 0 aliphatic carbocycles. The molecule has 0 unspecified atom stereocenters. The number of aryl methyl sites for hydroxylation is 1. The second kappa shape index (κ2) is 9.87. The maximum atomic E-state index is 13.3. The Hall–Kier alpha value is -3.11. The van der Waals surface area contributed by atoms with Crippen molar-refractivity contribution >= 4 is 23.1 Å². The summed E-state index contributed by atoms with van der Waals surface area (Å²) in [5.74, 6) is 0.996. The number of hydrogen-bond acceptors (Lipinski definition) is 6. The average Bonchev–Trinajstić information content (AvgIpc) is 3.22. The van der Waals surface area contributed by atoms with Crippen molar-refractivity contribution in [2.24, 2.45) is 7.05 Å². The molecule has 1 aliphatic heterocycles. The molecule has 1 fully saturated rings. The Morgan fingerprint density at radius 3 is 2.63 bits per heavy atom. The second-order valence-electron chi connectivity index (χ2n) is 8.29. The molecule has 1 aromatic carbocycles. The summed E-state index contributed by atoms with van der Waals surface area (Å²) in [7, 11) is 1.51. The summed E-state index contributed by atoms with van der Waals surface area (Å²) in [6.45, 7) is 5.27. The number of hydrogen-bond donors (Lipinski definition) is 1. The molecule has 11 heteroatoms. The molecule has 2 atom stereocenters. The summed E-state index contributed by atoms with van der Waals surface area (Å²) in [6, 6.07) is 8.46. The van der Waals surface area contributed by atoms with Gasteiger partial charge in [0.2, 0.25) is 0 Å². The molecule has 2 aromatic heterocycles. The number of alkyl halides is 3. The van der Waals surface area contributed by atoms with E-state index in [1.54, 1.807) is 13.1 Å². The van der Waals surface area contributed by atoms with Gasteiger partial charge >= 0.3 is 6.18 Å². The molecule has 1 saturated heterocycles. The Morgan fingerprint density at radius 1 is 1.23 bits per heavy atom. The molecule has 4 rings (SSSR count). The highest BCUT2D eigenvalue weighted by atomic mass is 35.5. The van der Waals surface area contributed by atoms with Crippen LogP contribution in [0.25, 0.3) is 11.4 Å². The number of ether oxygens (including phenoxy) is 1. The minimum absolute atomic E-state index is 0.138. The Bertz CT molecular complexity index is 1270. The molecule has 0 bridgehead atoms. The van der Waals surface area contributed by atoms with Crippen LogP contribution in [0.2, 0.25) is 5.02 Å². The first-order chi connectivity index (χ1) is 16.6. The standard InChI is InChI=1S/C24H25ClF3N5O2/c1-4-35-19-13-33(20-7-5-6-10-29-20)12-18(19)31-21-14(2)30-22(32(3)23(21)34)16-9-8-15(11-17(16)25)24(26,27)28/h5-11,18-19,31H,4,12-13H2,1-3H3/t18-,19-/m1/s1. The molecule has 0 saturated carbocycles. The second-order valence-corrected chi connectivity index (χ2v) is 8.70. The highest BCUT2D eigenvalue weighted by Gasteiger charge is 2.35. The summed E-state index contributed by atoms with van der Waals surface area (Å²) in [5.41, 5.74) is -0.285. The molecule has 0 amide bonds. The van der Waals surface area contributed by atoms with Gasteiger partial charge in [0.25, 0.3) is 5.56 Å². The first-order valence-corrected chi connectivity index (χ1v) is 11.5. The van der Waals surface area contributed by atoms with Crippen molar-refractivity contribution in [2.45, 2.75) is 32.2 Å². The van der Waals surface area contributed by atoms with Gasteiger partial charge in [0.1, 0.15) is 17.3 Å². The number of aromatic nitrogens is 3. The van der Waals surface area contributed by atoms with Crippen LogP contribution in [0.4, 0.5) is 24.7 Å². The minimum atomic E-state index is -4.52. The maximum absolute atomic E-state index is 13.3. The van der Waals surface area contributed by atoms with E-state index in [2.05, 4.69) is 20.2 Å². The number of halogens is 4. The Labute approximate surface area is 205 Å². The van der Waals surface area contributed by atoms with Crippen molar-refractivity contribution in [2.75, 3.05) is 29.9 Å².